The number of hydrogen-bond acceptors (Lipinski definition) is 15. The minimum absolute atomic E-state index is 0.0624. The van der Waals surface area contributed by atoms with Crippen LogP contribution < -0.4 is 52.1 Å². The van der Waals surface area contributed by atoms with E-state index in [2.05, 4.69) is 14.1 Å². The van der Waals surface area contributed by atoms with Crippen LogP contribution in [-0.4, -0.2) is 153 Å². The lowest BCUT2D eigenvalue weighted by molar-refractivity contribution is -0.941. The maximum atomic E-state index is 13.2. The monoisotopic (exact) mass is 1020 g/mol. The number of nitrogens with zero attached hydrogens (tertiary/aromatic N) is 2. The zero-order chi connectivity index (χ0) is 52.3. The summed E-state index contributed by atoms with van der Waals surface area (Å²) in [6.45, 7) is 2.93. The van der Waals surface area contributed by atoms with Crippen molar-refractivity contribution < 1.29 is 80.1 Å². The van der Waals surface area contributed by atoms with Crippen LogP contribution in [0.1, 0.15) is 58.3 Å². The number of hydrogen-bond donors (Lipinski definition) is 0. The summed E-state index contributed by atoms with van der Waals surface area (Å²) >= 11 is 6.38. The molecule has 0 unspecified atom stereocenters. The van der Waals surface area contributed by atoms with Crippen LogP contribution in [0.25, 0.3) is 0 Å². The molecule has 4 aromatic rings. The molecule has 72 heavy (non-hydrogen) atoms. The molecule has 2 aliphatic rings. The maximum Gasteiger partial charge on any atom is 0.350 e. The first kappa shape index (κ1) is 54.9. The minimum atomic E-state index is -0.820. The van der Waals surface area contributed by atoms with Crippen molar-refractivity contribution in [3.63, 3.8) is 0 Å². The lowest BCUT2D eigenvalue weighted by atomic mass is 9.85. The number of rotatable bonds is 24. The predicted molar refractivity (Wildman–Crippen MR) is 270 cm³/mol. The predicted octanol–water partition coefficient (Wildman–Crippen LogP) is 7.85. The zero-order valence-corrected chi connectivity index (χ0v) is 44.7. The molecule has 17 nitrogen and oxygen atoms in total. The van der Waals surface area contributed by atoms with Gasteiger partial charge in [-0.3, -0.25) is 0 Å². The van der Waals surface area contributed by atoms with E-state index in [-0.39, 0.29) is 30.3 Å². The number of methoxy groups -OCH3 is 11. The molecule has 392 valence electrons. The minimum Gasteiger partial charge on any atom is -0.493 e. The van der Waals surface area contributed by atoms with Gasteiger partial charge in [-0.25, -0.2) is 9.59 Å². The van der Waals surface area contributed by atoms with E-state index in [9.17, 15) is 9.59 Å². The lowest BCUT2D eigenvalue weighted by Gasteiger charge is -2.46. The topological polar surface area (TPSA) is 154 Å². The van der Waals surface area contributed by atoms with Crippen molar-refractivity contribution in [2.75, 3.05) is 132 Å². The van der Waals surface area contributed by atoms with E-state index in [0.29, 0.717) is 105 Å². The second kappa shape index (κ2) is 24.3. The highest BCUT2D eigenvalue weighted by atomic mass is 35.5. The van der Waals surface area contributed by atoms with Gasteiger partial charge in [0.1, 0.15) is 17.1 Å². The summed E-state index contributed by atoms with van der Waals surface area (Å²) in [5.41, 5.74) is 6.18. The van der Waals surface area contributed by atoms with Gasteiger partial charge in [-0.05, 0) is 59.2 Å². The van der Waals surface area contributed by atoms with Crippen molar-refractivity contribution in [3.05, 3.63) is 87.0 Å². The highest BCUT2D eigenvalue weighted by Crippen LogP contribution is 2.52. The van der Waals surface area contributed by atoms with Gasteiger partial charge < -0.3 is 70.5 Å². The number of likely N-dealkylation sites (N-methyl/N-ethyl adjacent to an activating group) is 2. The number of benzene rings is 4. The summed E-state index contributed by atoms with van der Waals surface area (Å²) in [7, 11) is 21.9. The number of carbonyl (C=O) groups excluding carboxylic acids is 2. The molecule has 2 heterocycles. The van der Waals surface area contributed by atoms with E-state index in [0.717, 1.165) is 65.4 Å². The number of carbonyl (C=O) groups is 2. The third-order valence-electron chi connectivity index (χ3n) is 14.1. The molecule has 0 spiro atoms. The molecule has 0 saturated carbocycles. The smallest absolute Gasteiger partial charge is 0.350 e. The Morgan fingerprint density at radius 3 is 1.54 bits per heavy atom. The molecule has 4 aromatic carbocycles. The van der Waals surface area contributed by atoms with Crippen LogP contribution in [-0.2, 0) is 38.3 Å². The molecule has 0 radical (unpaired) electrons. The van der Waals surface area contributed by atoms with Gasteiger partial charge >= 0.3 is 11.9 Å². The molecule has 0 fully saturated rings. The van der Waals surface area contributed by atoms with Gasteiger partial charge in [-0.1, -0.05) is 11.6 Å². The molecular weight excluding hydrogens is 952 g/mol. The van der Waals surface area contributed by atoms with Crippen molar-refractivity contribution in [3.8, 4) is 63.2 Å². The van der Waals surface area contributed by atoms with Gasteiger partial charge in [0.15, 0.2) is 46.0 Å². The van der Waals surface area contributed by atoms with Crippen LogP contribution >= 0.6 is 11.6 Å². The highest BCUT2D eigenvalue weighted by molar-refractivity contribution is 6.42. The Balaban J connectivity index is 1.12. The molecule has 6 rings (SSSR count). The normalized spacial score (nSPS) is 19.2. The third-order valence-corrected chi connectivity index (χ3v) is 14.4. The maximum absolute atomic E-state index is 13.2. The molecule has 0 aromatic heterocycles. The molecule has 0 bridgehead atoms. The van der Waals surface area contributed by atoms with Crippen LogP contribution in [0.15, 0.2) is 53.6 Å². The van der Waals surface area contributed by atoms with Crippen molar-refractivity contribution in [1.82, 2.24) is 0 Å². The Morgan fingerprint density at radius 1 is 0.542 bits per heavy atom. The average molecular weight is 1020 g/mol. The number of quaternary nitrogens is 2. The van der Waals surface area contributed by atoms with Crippen LogP contribution in [0, 0.1) is 0 Å². The fraction of sp³-hybridized carbons (Fsp3) is 0.481. The Morgan fingerprint density at radius 2 is 1.00 bits per heavy atom. The first-order valence-corrected chi connectivity index (χ1v) is 24.1. The van der Waals surface area contributed by atoms with Crippen molar-refractivity contribution in [2.45, 2.75) is 44.2 Å². The lowest BCUT2D eigenvalue weighted by Crippen LogP contribution is -2.52. The van der Waals surface area contributed by atoms with E-state index in [1.165, 1.54) is 0 Å². The highest BCUT2D eigenvalue weighted by Gasteiger charge is 2.44. The van der Waals surface area contributed by atoms with Crippen molar-refractivity contribution in [1.29, 1.82) is 0 Å². The summed E-state index contributed by atoms with van der Waals surface area (Å²) in [4.78, 5) is 26.3. The molecule has 0 saturated heterocycles. The standard InChI is InChI=1S/C54H71ClN2O15/c1-56(20-17-35-28-46(66-9)52(69-12)53(70-13)48(35)39(56)24-33-25-42(62-5)50(67-10)43(26-33)63-6)18-14-22-71-47(58)32-38(55)54(59)72-23-15-19-57(2)21-16-34-27-40(60-3)41(61-4)31-37(34)49(57)36-29-44(64-7)51(68-11)45(30-36)65-8/h25-32,39,49H,14-24H2,1-13H3/q+2/b38-32-/t39-,49+,56-,57+/m1/s1. The van der Waals surface area contributed by atoms with E-state index < -0.39 is 11.9 Å². The van der Waals surface area contributed by atoms with Gasteiger partial charge in [-0.2, -0.15) is 0 Å². The number of esters is 2. The van der Waals surface area contributed by atoms with Crippen LogP contribution in [0.2, 0.25) is 0 Å². The van der Waals surface area contributed by atoms with Gasteiger partial charge in [0.2, 0.25) is 17.2 Å². The van der Waals surface area contributed by atoms with Gasteiger partial charge in [0, 0.05) is 49.3 Å². The molecule has 2 aliphatic heterocycles. The Labute approximate surface area is 428 Å². The largest absolute Gasteiger partial charge is 0.493 e. The summed E-state index contributed by atoms with van der Waals surface area (Å²) < 4.78 is 75.7. The van der Waals surface area contributed by atoms with Crippen molar-refractivity contribution >= 4 is 23.5 Å². The first-order valence-electron chi connectivity index (χ1n) is 23.7. The average Bonchev–Trinajstić information content (AvgIpc) is 3.39. The van der Waals surface area contributed by atoms with E-state index in [1.807, 2.05) is 42.5 Å². The fourth-order valence-electron chi connectivity index (χ4n) is 10.5. The van der Waals surface area contributed by atoms with Crippen LogP contribution in [0.4, 0.5) is 0 Å². The van der Waals surface area contributed by atoms with Gasteiger partial charge in [-0.15, -0.1) is 0 Å². The van der Waals surface area contributed by atoms with E-state index in [1.54, 1.807) is 78.2 Å². The number of halogens is 1. The van der Waals surface area contributed by atoms with E-state index in [4.69, 9.17) is 73.2 Å². The molecule has 0 amide bonds. The van der Waals surface area contributed by atoms with Crippen LogP contribution in [0.3, 0.4) is 0 Å². The first-order chi connectivity index (χ1) is 34.6. The summed E-state index contributed by atoms with van der Waals surface area (Å²) in [6, 6.07) is 13.6. The van der Waals surface area contributed by atoms with E-state index >= 15 is 0 Å². The summed E-state index contributed by atoms with van der Waals surface area (Å²) in [6.07, 6.45) is 4.04. The SMILES string of the molecule is COc1cc2c(cc1OC)[C@H](c1cc(OC)c(OC)c(OC)c1)[N@@+](C)(CCCOC(=O)/C(Cl)=C/C(=O)OCCC[N@+]1(C)CCc3cc(OC)c(OC)c(OC)c3[C@H]1Cc1cc(OC)c(OC)c(OC)c1)CC2. The summed E-state index contributed by atoms with van der Waals surface area (Å²) in [5.74, 6) is 4.54. The molecule has 0 N–H and O–H groups in total. The molecule has 4 atom stereocenters. The number of fused-ring (bicyclic) bond motifs is 2. The Hall–Kier alpha value is -6.43. The van der Waals surface area contributed by atoms with Crippen LogP contribution in [0.5, 0.6) is 63.2 Å². The Bertz CT molecular complexity index is 2550. The second-order valence-electron chi connectivity index (χ2n) is 18.1. The fourth-order valence-corrected chi connectivity index (χ4v) is 10.6. The molecule has 0 aliphatic carbocycles. The molecule has 18 heteroatoms. The van der Waals surface area contributed by atoms with Gasteiger partial charge in [0.05, 0.1) is 137 Å². The second-order valence-corrected chi connectivity index (χ2v) is 18.5. The van der Waals surface area contributed by atoms with Crippen molar-refractivity contribution in [2.24, 2.45) is 0 Å². The zero-order valence-electron chi connectivity index (χ0n) is 43.9. The summed E-state index contributed by atoms with van der Waals surface area (Å²) in [5, 5.41) is -0.378. The molecular formula is C54H71ClN2O15+2. The van der Waals surface area contributed by atoms with Gasteiger partial charge in [0.25, 0.3) is 0 Å². The number of ether oxygens (including phenoxy) is 13. The Kier molecular flexibility index (Phi) is 18.5. The third kappa shape index (κ3) is 11.4. The quantitative estimate of drug-likeness (QED) is 0.0290.